The van der Waals surface area contributed by atoms with Crippen LogP contribution in [0.3, 0.4) is 0 Å². The van der Waals surface area contributed by atoms with E-state index in [1.54, 1.807) is 19.1 Å². The monoisotopic (exact) mass is 515 g/mol. The van der Waals surface area contributed by atoms with Crippen molar-refractivity contribution in [3.63, 3.8) is 0 Å². The Labute approximate surface area is 199 Å². The SMILES string of the molecule is C[C@@H]1CN(/C(CC(=O)C(F)(F)F)=N/O)CCN1c1ncc(OCc2ccc(S(C)(=O)=O)cc2)cn1. The number of anilines is 1. The smallest absolute Gasteiger partial charge is 0.450 e. The quantitative estimate of drug-likeness (QED) is 0.256. The number of rotatable bonds is 7. The van der Waals surface area contributed by atoms with Gasteiger partial charge in [0.2, 0.25) is 11.7 Å². The minimum Gasteiger partial charge on any atom is -0.486 e. The fraction of sp³-hybridized carbons (Fsp3) is 0.429. The van der Waals surface area contributed by atoms with E-state index in [-0.39, 0.29) is 36.5 Å². The van der Waals surface area contributed by atoms with Gasteiger partial charge in [0, 0.05) is 31.9 Å². The van der Waals surface area contributed by atoms with Crippen LogP contribution in [0.5, 0.6) is 5.75 Å². The maximum Gasteiger partial charge on any atom is 0.450 e. The van der Waals surface area contributed by atoms with Crippen molar-refractivity contribution in [2.24, 2.45) is 5.16 Å². The maximum absolute atomic E-state index is 12.6. The van der Waals surface area contributed by atoms with Crippen LogP contribution in [-0.2, 0) is 21.2 Å². The van der Waals surface area contributed by atoms with Gasteiger partial charge in [0.25, 0.3) is 0 Å². The molecule has 190 valence electrons. The summed E-state index contributed by atoms with van der Waals surface area (Å²) in [4.78, 5) is 23.3. The van der Waals surface area contributed by atoms with E-state index in [1.165, 1.54) is 29.4 Å². The molecule has 10 nitrogen and oxygen atoms in total. The predicted molar refractivity (Wildman–Crippen MR) is 119 cm³/mol. The van der Waals surface area contributed by atoms with Crippen molar-refractivity contribution in [2.45, 2.75) is 37.1 Å². The van der Waals surface area contributed by atoms with E-state index in [9.17, 15) is 26.4 Å². The number of hydrogen-bond acceptors (Lipinski definition) is 9. The number of benzene rings is 1. The van der Waals surface area contributed by atoms with Gasteiger partial charge in [-0.2, -0.15) is 13.2 Å². The molecule has 1 fully saturated rings. The zero-order valence-electron chi connectivity index (χ0n) is 18.9. The maximum atomic E-state index is 12.6. The number of piperazine rings is 1. The minimum absolute atomic E-state index is 0.182. The summed E-state index contributed by atoms with van der Waals surface area (Å²) in [6.07, 6.45) is -1.94. The molecule has 1 saturated heterocycles. The van der Waals surface area contributed by atoms with E-state index in [1.807, 2.05) is 4.90 Å². The summed E-state index contributed by atoms with van der Waals surface area (Å²) in [5.74, 6) is -1.54. The van der Waals surface area contributed by atoms with Crippen LogP contribution < -0.4 is 9.64 Å². The van der Waals surface area contributed by atoms with E-state index in [0.717, 1.165) is 11.8 Å². The van der Waals surface area contributed by atoms with E-state index < -0.39 is 28.2 Å². The molecule has 35 heavy (non-hydrogen) atoms. The van der Waals surface area contributed by atoms with E-state index >= 15 is 0 Å². The first-order valence-electron chi connectivity index (χ1n) is 10.4. The Kier molecular flexibility index (Phi) is 7.83. The van der Waals surface area contributed by atoms with Gasteiger partial charge in [0.15, 0.2) is 21.4 Å². The van der Waals surface area contributed by atoms with E-state index in [4.69, 9.17) is 9.94 Å². The Balaban J connectivity index is 1.56. The number of amidine groups is 1. The zero-order valence-corrected chi connectivity index (χ0v) is 19.8. The van der Waals surface area contributed by atoms with Gasteiger partial charge in [-0.1, -0.05) is 17.3 Å². The largest absolute Gasteiger partial charge is 0.486 e. The molecule has 1 aromatic heterocycles. The van der Waals surface area contributed by atoms with Crippen molar-refractivity contribution in [1.82, 2.24) is 14.9 Å². The zero-order chi connectivity index (χ0) is 25.8. The number of nitrogens with zero attached hydrogens (tertiary/aromatic N) is 5. The molecule has 0 unspecified atom stereocenters. The third-order valence-electron chi connectivity index (χ3n) is 5.37. The average molecular weight is 516 g/mol. The first-order valence-corrected chi connectivity index (χ1v) is 12.3. The number of sulfone groups is 1. The normalized spacial score (nSPS) is 17.4. The number of alkyl halides is 3. The Morgan fingerprint density at radius 2 is 1.83 bits per heavy atom. The van der Waals surface area contributed by atoms with Crippen molar-refractivity contribution in [2.75, 3.05) is 30.8 Å². The highest BCUT2D eigenvalue weighted by Crippen LogP contribution is 2.22. The van der Waals surface area contributed by atoms with Crippen molar-refractivity contribution in [3.8, 4) is 5.75 Å². The standard InChI is InChI=1S/C21H24F3N5O5S/c1-14-12-28(19(27-31)9-18(30)21(22,23)24)7-8-29(14)20-25-10-16(11-26-20)34-13-15-3-5-17(6-4-15)35(2,32)33/h3-6,10-11,14,31H,7-9,12-13H2,1-2H3/b27-19+/t14-/m1/s1. The van der Waals surface area contributed by atoms with Gasteiger partial charge in [-0.15, -0.1) is 0 Å². The van der Waals surface area contributed by atoms with Crippen LogP contribution in [0.4, 0.5) is 19.1 Å². The second-order valence-corrected chi connectivity index (χ2v) is 10.0. The van der Waals surface area contributed by atoms with Crippen LogP contribution in [-0.4, -0.2) is 78.2 Å². The second kappa shape index (κ2) is 10.5. The van der Waals surface area contributed by atoms with Gasteiger partial charge in [0.1, 0.15) is 6.61 Å². The average Bonchev–Trinajstić information content (AvgIpc) is 2.80. The number of carbonyl (C=O) groups is 1. The second-order valence-electron chi connectivity index (χ2n) is 8.03. The summed E-state index contributed by atoms with van der Waals surface area (Å²) in [6.45, 7) is 2.73. The molecule has 14 heteroatoms. The van der Waals surface area contributed by atoms with Crippen LogP contribution in [0.2, 0.25) is 0 Å². The number of oxime groups is 1. The summed E-state index contributed by atoms with van der Waals surface area (Å²) in [6, 6.07) is 6.06. The lowest BCUT2D eigenvalue weighted by Crippen LogP contribution is -2.54. The van der Waals surface area contributed by atoms with Crippen LogP contribution in [0.25, 0.3) is 0 Å². The molecule has 1 N–H and O–H groups in total. The Bertz CT molecular complexity index is 1170. The van der Waals surface area contributed by atoms with Gasteiger partial charge < -0.3 is 19.7 Å². The Hall–Kier alpha value is -3.42. The molecule has 0 radical (unpaired) electrons. The fourth-order valence-electron chi connectivity index (χ4n) is 3.48. The summed E-state index contributed by atoms with van der Waals surface area (Å²) < 4.78 is 66.4. The third kappa shape index (κ3) is 6.81. The number of carbonyl (C=O) groups excluding carboxylic acids is 1. The van der Waals surface area contributed by atoms with Crippen LogP contribution >= 0.6 is 0 Å². The van der Waals surface area contributed by atoms with Gasteiger partial charge in [-0.05, 0) is 24.6 Å². The molecule has 2 aromatic rings. The molecule has 0 saturated carbocycles. The highest BCUT2D eigenvalue weighted by Gasteiger charge is 2.40. The van der Waals surface area contributed by atoms with Gasteiger partial charge in [0.05, 0.1) is 23.7 Å². The lowest BCUT2D eigenvalue weighted by atomic mass is 10.1. The van der Waals surface area contributed by atoms with E-state index in [2.05, 4.69) is 15.1 Å². The molecule has 0 bridgehead atoms. The highest BCUT2D eigenvalue weighted by molar-refractivity contribution is 7.90. The van der Waals surface area contributed by atoms with Crippen LogP contribution in [0.1, 0.15) is 18.9 Å². The molecule has 1 aromatic carbocycles. The molecule has 3 rings (SSSR count). The number of Topliss-reactive ketones (excluding diaryl/α,β-unsaturated/α-hetero) is 1. The molecular formula is C21H24F3N5O5S. The first-order chi connectivity index (χ1) is 16.4. The summed E-state index contributed by atoms with van der Waals surface area (Å²) in [5, 5.41) is 12.0. The molecule has 0 spiro atoms. The number of halogens is 3. The number of hydrogen-bond donors (Lipinski definition) is 1. The molecule has 1 atom stereocenters. The molecule has 1 aliphatic heterocycles. The van der Waals surface area contributed by atoms with Gasteiger partial charge >= 0.3 is 6.18 Å². The third-order valence-corrected chi connectivity index (χ3v) is 6.50. The predicted octanol–water partition coefficient (Wildman–Crippen LogP) is 2.28. The van der Waals surface area contributed by atoms with Gasteiger partial charge in [-0.25, -0.2) is 18.4 Å². The molecule has 0 aliphatic carbocycles. The molecular weight excluding hydrogens is 491 g/mol. The first kappa shape index (κ1) is 26.2. The van der Waals surface area contributed by atoms with Crippen molar-refractivity contribution >= 4 is 27.4 Å². The van der Waals surface area contributed by atoms with Gasteiger partial charge in [-0.3, -0.25) is 4.79 Å². The Morgan fingerprint density at radius 3 is 2.34 bits per heavy atom. The number of ether oxygens (including phenoxy) is 1. The fourth-order valence-corrected chi connectivity index (χ4v) is 4.11. The summed E-state index contributed by atoms with van der Waals surface area (Å²) in [5.41, 5.74) is 0.761. The van der Waals surface area contributed by atoms with Crippen molar-refractivity contribution in [1.29, 1.82) is 0 Å². The van der Waals surface area contributed by atoms with Crippen molar-refractivity contribution in [3.05, 3.63) is 42.2 Å². The number of aromatic nitrogens is 2. The minimum atomic E-state index is -5.00. The van der Waals surface area contributed by atoms with Crippen molar-refractivity contribution < 1.29 is 36.3 Å². The lowest BCUT2D eigenvalue weighted by molar-refractivity contribution is -0.169. The topological polar surface area (TPSA) is 125 Å². The summed E-state index contributed by atoms with van der Waals surface area (Å²) in [7, 11) is -3.28. The van der Waals surface area contributed by atoms with E-state index in [0.29, 0.717) is 18.2 Å². The Morgan fingerprint density at radius 1 is 1.20 bits per heavy atom. The lowest BCUT2D eigenvalue weighted by Gasteiger charge is -2.40. The number of ketones is 1. The van der Waals surface area contributed by atoms with Crippen LogP contribution in [0.15, 0.2) is 46.7 Å². The highest BCUT2D eigenvalue weighted by atomic mass is 32.2. The molecule has 2 heterocycles. The summed E-state index contributed by atoms with van der Waals surface area (Å²) >= 11 is 0. The molecule has 1 aliphatic rings. The van der Waals surface area contributed by atoms with Crippen LogP contribution in [0, 0.1) is 0 Å². The molecule has 0 amide bonds.